The number of thioether (sulfide) groups is 1. The number of likely N-dealkylation sites (N-methyl/N-ethyl adjacent to an activating group) is 1. The monoisotopic (exact) mass is 1110 g/mol. The Balaban J connectivity index is 1.41. The van der Waals surface area contributed by atoms with Gasteiger partial charge in [-0.1, -0.05) is 78.1 Å². The van der Waals surface area contributed by atoms with Gasteiger partial charge in [-0.25, -0.2) is 4.98 Å². The third kappa shape index (κ3) is 20.0. The van der Waals surface area contributed by atoms with Crippen LogP contribution in [0.3, 0.4) is 0 Å². The number of carbonyl (C=O) groups is 9. The second-order valence-corrected chi connectivity index (χ2v) is 23.6. The van der Waals surface area contributed by atoms with E-state index in [4.69, 9.17) is 10.5 Å². The van der Waals surface area contributed by atoms with Crippen LogP contribution in [0.2, 0.25) is 0 Å². The van der Waals surface area contributed by atoms with Crippen LogP contribution in [0, 0.1) is 23.7 Å². The number of nitrogens with one attached hydrogen (secondary N) is 2. The molecule has 77 heavy (non-hydrogen) atoms. The molecular formula is C57H87N7O11S2. The normalized spacial score (nSPS) is 18.7. The molecule has 2 fully saturated rings. The van der Waals surface area contributed by atoms with Crippen LogP contribution in [-0.4, -0.2) is 147 Å². The van der Waals surface area contributed by atoms with Gasteiger partial charge in [0.2, 0.25) is 23.6 Å². The lowest BCUT2D eigenvalue weighted by atomic mass is 9.83. The highest BCUT2D eigenvalue weighted by molar-refractivity contribution is 8.00. The SMILES string of the molecule is CC[C@H](C)C(CC(=O)[C@H]1CCCCN1C)C(=O)N(C)[C@H](C[C@@H](OC(C)=O)c1nc(C(=O)N[C@@H](Cc2ccc(CC(=O)[C@H](CCCCN)NC(=O)CCCCCN3C(=O)CC(SC)C3=O)cc2)CC(C)C(=O)O)cs1)C(C)C. The molecule has 4 rings (SSSR count). The summed E-state index contributed by atoms with van der Waals surface area (Å²) >= 11 is 2.52. The minimum Gasteiger partial charge on any atom is -0.481 e. The number of carbonyl (C=O) groups excluding carboxylic acids is 8. The van der Waals surface area contributed by atoms with Crippen LogP contribution in [-0.2, 0) is 55.9 Å². The quantitative estimate of drug-likeness (QED) is 0.0314. The Hall–Kier alpha value is -5.05. The van der Waals surface area contributed by atoms with Gasteiger partial charge in [-0.2, -0.15) is 11.8 Å². The summed E-state index contributed by atoms with van der Waals surface area (Å²) in [6.07, 6.45) is 9.18. The zero-order chi connectivity index (χ0) is 56.9. The number of carboxylic acid groups (broad SMARTS) is 1. The molecule has 3 heterocycles. The first-order valence-electron chi connectivity index (χ1n) is 27.7. The highest BCUT2D eigenvalue weighted by atomic mass is 32.2. The second kappa shape index (κ2) is 32.1. The smallest absolute Gasteiger partial charge is 0.306 e. The van der Waals surface area contributed by atoms with Gasteiger partial charge >= 0.3 is 11.9 Å². The highest BCUT2D eigenvalue weighted by Gasteiger charge is 2.39. The maximum atomic E-state index is 14.4. The van der Waals surface area contributed by atoms with Crippen molar-refractivity contribution in [1.29, 1.82) is 0 Å². The maximum Gasteiger partial charge on any atom is 0.306 e. The summed E-state index contributed by atoms with van der Waals surface area (Å²) in [5, 5.41) is 17.4. The average molecular weight is 1110 g/mol. The molecule has 2 saturated heterocycles. The predicted octanol–water partition coefficient (Wildman–Crippen LogP) is 6.95. The Kier molecular flexibility index (Phi) is 26.9. The number of benzene rings is 1. The van der Waals surface area contributed by atoms with Crippen molar-refractivity contribution in [2.45, 2.75) is 186 Å². The van der Waals surface area contributed by atoms with E-state index in [0.717, 1.165) is 49.1 Å². The average Bonchev–Trinajstić information content (AvgIpc) is 4.00. The Morgan fingerprint density at radius 1 is 0.961 bits per heavy atom. The summed E-state index contributed by atoms with van der Waals surface area (Å²) in [7, 11) is 3.70. The molecule has 5 N–H and O–H groups in total. The van der Waals surface area contributed by atoms with E-state index in [9.17, 15) is 48.3 Å². The fraction of sp³-hybridized carbons (Fsp3) is 0.684. The molecule has 0 bridgehead atoms. The van der Waals surface area contributed by atoms with Gasteiger partial charge in [-0.05, 0) is 107 Å². The number of hydrogen-bond acceptors (Lipinski definition) is 15. The Morgan fingerprint density at radius 2 is 1.66 bits per heavy atom. The van der Waals surface area contributed by atoms with Gasteiger partial charge in [-0.15, -0.1) is 11.3 Å². The molecule has 18 nitrogen and oxygen atoms in total. The number of thiazole rings is 1. The van der Waals surface area contributed by atoms with Crippen molar-refractivity contribution >= 4 is 76.1 Å². The Morgan fingerprint density at radius 3 is 2.27 bits per heavy atom. The topological polar surface area (TPSA) is 256 Å². The molecule has 0 spiro atoms. The summed E-state index contributed by atoms with van der Waals surface area (Å²) in [5.41, 5.74) is 7.29. The van der Waals surface area contributed by atoms with Gasteiger partial charge in [-0.3, -0.25) is 53.0 Å². The number of esters is 1. The summed E-state index contributed by atoms with van der Waals surface area (Å²) in [6.45, 7) is 12.5. The lowest BCUT2D eigenvalue weighted by molar-refractivity contribution is -0.150. The minimum absolute atomic E-state index is 0.0478. The number of ether oxygens (including phenoxy) is 1. The largest absolute Gasteiger partial charge is 0.481 e. The minimum atomic E-state index is -1.02. The summed E-state index contributed by atoms with van der Waals surface area (Å²) in [6, 6.07) is 5.30. The van der Waals surface area contributed by atoms with E-state index in [0.29, 0.717) is 62.2 Å². The van der Waals surface area contributed by atoms with Gasteiger partial charge in [0.05, 0.1) is 23.3 Å². The van der Waals surface area contributed by atoms with Crippen LogP contribution in [0.5, 0.6) is 0 Å². The second-order valence-electron chi connectivity index (χ2n) is 21.7. The van der Waals surface area contributed by atoms with Crippen LogP contribution >= 0.6 is 23.1 Å². The van der Waals surface area contributed by atoms with E-state index in [2.05, 4.69) is 20.5 Å². The van der Waals surface area contributed by atoms with E-state index < -0.39 is 53.9 Å². The van der Waals surface area contributed by atoms with Crippen LogP contribution in [0.25, 0.3) is 0 Å². The number of aliphatic carboxylic acids is 1. The Bertz CT molecular complexity index is 2310. The standard InChI is InChI=1S/C57H87N7O11S2/c1-10-36(4)42(31-48(67)45-19-14-17-26-62(45)7)55(71)63(8)46(35(2)3)32-49(75-38(6)65)54-61-44(34-77-54)53(70)59-41(28-37(5)57(73)74)29-39-21-23-40(24-22-39)30-47(66)43(18-13-15-25-58)60-51(68)20-12-11-16-27-64-52(69)33-50(76-9)56(64)72/h21-24,34-37,41-43,45-46,49-50H,10-20,25-33,58H2,1-9H3,(H,59,70)(H,60,68)(H,73,74)/t36-,37?,41+,42?,43-,45+,46+,49+,50?/m0/s1. The zero-order valence-corrected chi connectivity index (χ0v) is 48.6. The van der Waals surface area contributed by atoms with E-state index in [-0.39, 0.29) is 109 Å². The van der Waals surface area contributed by atoms with Crippen molar-refractivity contribution in [3.63, 3.8) is 0 Å². The molecule has 2 aromatic rings. The number of hydrogen-bond donors (Lipinski definition) is 4. The molecule has 1 aromatic heterocycles. The molecule has 0 radical (unpaired) electrons. The number of amides is 5. The fourth-order valence-electron chi connectivity index (χ4n) is 10.4. The number of rotatable bonds is 34. The van der Waals surface area contributed by atoms with E-state index >= 15 is 0 Å². The molecule has 9 atom stereocenters. The summed E-state index contributed by atoms with van der Waals surface area (Å²) < 4.78 is 5.85. The van der Waals surface area contributed by atoms with Crippen molar-refractivity contribution in [3.05, 3.63) is 51.5 Å². The number of imide groups is 1. The van der Waals surface area contributed by atoms with Crippen LogP contribution in [0.15, 0.2) is 29.6 Å². The first-order chi connectivity index (χ1) is 36.6. The van der Waals surface area contributed by atoms with Crippen molar-refractivity contribution in [2.24, 2.45) is 29.4 Å². The number of piperidine rings is 1. The van der Waals surface area contributed by atoms with E-state index in [1.54, 1.807) is 36.4 Å². The zero-order valence-electron chi connectivity index (χ0n) is 47.0. The van der Waals surface area contributed by atoms with E-state index in [1.807, 2.05) is 53.1 Å². The number of nitrogens with two attached hydrogens (primary N) is 1. The molecule has 0 saturated carbocycles. The van der Waals surface area contributed by atoms with Gasteiger partial charge in [0.15, 0.2) is 17.7 Å². The molecular weight excluding hydrogens is 1020 g/mol. The number of nitrogens with zero attached hydrogens (tertiary/aromatic N) is 4. The molecule has 2 aliphatic rings. The number of ketones is 2. The van der Waals surface area contributed by atoms with Crippen LogP contribution in [0.1, 0.15) is 171 Å². The summed E-state index contributed by atoms with van der Waals surface area (Å²) in [4.78, 5) is 128. The molecule has 1 aromatic carbocycles. The van der Waals surface area contributed by atoms with Crippen molar-refractivity contribution in [2.75, 3.05) is 40.0 Å². The third-order valence-corrected chi connectivity index (χ3v) is 17.2. The predicted molar refractivity (Wildman–Crippen MR) is 299 cm³/mol. The van der Waals surface area contributed by atoms with Crippen LogP contribution in [0.4, 0.5) is 0 Å². The van der Waals surface area contributed by atoms with Gasteiger partial charge in [0, 0.05) is 76.0 Å². The number of carboxylic acids is 1. The van der Waals surface area contributed by atoms with Crippen molar-refractivity contribution < 1.29 is 53.0 Å². The molecule has 2 aliphatic heterocycles. The van der Waals surface area contributed by atoms with E-state index in [1.165, 1.54) is 23.6 Å². The van der Waals surface area contributed by atoms with Crippen LogP contribution < -0.4 is 16.4 Å². The molecule has 20 heteroatoms. The van der Waals surface area contributed by atoms with Gasteiger partial charge in [0.1, 0.15) is 10.7 Å². The van der Waals surface area contributed by atoms with Crippen molar-refractivity contribution in [1.82, 2.24) is 30.3 Å². The summed E-state index contributed by atoms with van der Waals surface area (Å²) in [5.74, 6) is -4.37. The number of likely N-dealkylation sites (tertiary alicyclic amines) is 2. The molecule has 5 amide bonds. The lowest BCUT2D eigenvalue weighted by Crippen LogP contribution is -2.48. The maximum absolute atomic E-state index is 14.4. The van der Waals surface area contributed by atoms with Gasteiger partial charge < -0.3 is 31.1 Å². The van der Waals surface area contributed by atoms with Gasteiger partial charge in [0.25, 0.3) is 5.91 Å². The third-order valence-electron chi connectivity index (χ3n) is 15.3. The number of aromatic nitrogens is 1. The fourth-order valence-corrected chi connectivity index (χ4v) is 11.8. The lowest BCUT2D eigenvalue weighted by Gasteiger charge is -2.37. The number of unbranched alkanes of at least 4 members (excludes halogenated alkanes) is 3. The molecule has 3 unspecified atom stereocenters. The van der Waals surface area contributed by atoms with Crippen molar-refractivity contribution in [3.8, 4) is 0 Å². The number of Topliss-reactive ketones (excluding diaryl/α,β-unsaturated/α-hetero) is 2. The highest BCUT2D eigenvalue weighted by Crippen LogP contribution is 2.33. The molecule has 0 aliphatic carbocycles. The first kappa shape index (κ1) is 64.5. The molecule has 428 valence electrons. The Labute approximate surface area is 464 Å². The first-order valence-corrected chi connectivity index (χ1v) is 29.9.